The van der Waals surface area contributed by atoms with E-state index < -0.39 is 12.0 Å². The van der Waals surface area contributed by atoms with Crippen molar-refractivity contribution in [2.24, 2.45) is 5.92 Å². The van der Waals surface area contributed by atoms with Crippen LogP contribution in [0, 0.1) is 5.92 Å². The summed E-state index contributed by atoms with van der Waals surface area (Å²) in [6.07, 6.45) is 0.742. The summed E-state index contributed by atoms with van der Waals surface area (Å²) in [4.78, 5) is 25.4. The molecule has 1 aliphatic rings. The van der Waals surface area contributed by atoms with Gasteiger partial charge in [-0.3, -0.25) is 4.79 Å². The van der Waals surface area contributed by atoms with E-state index in [2.05, 4.69) is 15.9 Å². The average molecular weight is 318 g/mol. The molecular formula is C11H12BrNO3S. The molecule has 6 heteroatoms. The van der Waals surface area contributed by atoms with Gasteiger partial charge in [0.25, 0.3) is 5.91 Å². The van der Waals surface area contributed by atoms with Crippen LogP contribution in [0.3, 0.4) is 0 Å². The van der Waals surface area contributed by atoms with E-state index in [-0.39, 0.29) is 11.8 Å². The number of rotatable bonds is 2. The molecule has 2 unspecified atom stereocenters. The van der Waals surface area contributed by atoms with Gasteiger partial charge in [0.2, 0.25) is 0 Å². The molecule has 1 N–H and O–H groups in total. The van der Waals surface area contributed by atoms with Crippen molar-refractivity contribution >= 4 is 39.1 Å². The van der Waals surface area contributed by atoms with Crippen LogP contribution in [0.1, 0.15) is 23.0 Å². The van der Waals surface area contributed by atoms with Crippen LogP contribution >= 0.6 is 27.3 Å². The summed E-state index contributed by atoms with van der Waals surface area (Å²) >= 11 is 4.63. The fourth-order valence-corrected chi connectivity index (χ4v) is 3.62. The topological polar surface area (TPSA) is 57.6 Å². The number of carbonyl (C=O) groups is 2. The fourth-order valence-electron chi connectivity index (χ4n) is 2.13. The molecule has 0 radical (unpaired) electrons. The Bertz CT molecular complexity index is 459. The number of hydrogen-bond donors (Lipinski definition) is 1. The fraction of sp³-hybridized carbons (Fsp3) is 0.455. The summed E-state index contributed by atoms with van der Waals surface area (Å²) in [6, 6.07) is 1.10. The zero-order valence-corrected chi connectivity index (χ0v) is 11.6. The second-order valence-corrected chi connectivity index (χ2v) is 5.92. The highest BCUT2D eigenvalue weighted by atomic mass is 79.9. The van der Waals surface area contributed by atoms with E-state index in [0.29, 0.717) is 11.4 Å². The summed E-state index contributed by atoms with van der Waals surface area (Å²) in [5, 5.41) is 11.0. The molecule has 0 bridgehead atoms. The Hall–Kier alpha value is -0.880. The van der Waals surface area contributed by atoms with E-state index >= 15 is 0 Å². The first kappa shape index (κ1) is 12.6. The normalized spacial score (nSPS) is 24.0. The zero-order chi connectivity index (χ0) is 12.6. The predicted octanol–water partition coefficient (Wildman–Crippen LogP) is 2.45. The monoisotopic (exact) mass is 317 g/mol. The van der Waals surface area contributed by atoms with Gasteiger partial charge in [0, 0.05) is 11.0 Å². The molecule has 1 saturated heterocycles. The van der Waals surface area contributed by atoms with Gasteiger partial charge < -0.3 is 10.0 Å². The van der Waals surface area contributed by atoms with Gasteiger partial charge in [0.1, 0.15) is 10.9 Å². The molecule has 0 spiro atoms. The van der Waals surface area contributed by atoms with E-state index in [1.165, 1.54) is 16.2 Å². The molecule has 1 aromatic rings. The van der Waals surface area contributed by atoms with Crippen molar-refractivity contribution in [3.63, 3.8) is 0 Å². The first-order valence-electron chi connectivity index (χ1n) is 5.29. The number of carbonyl (C=O) groups excluding carboxylic acids is 1. The highest BCUT2D eigenvalue weighted by Crippen LogP contribution is 2.30. The number of nitrogens with zero attached hydrogens (tertiary/aromatic N) is 1. The van der Waals surface area contributed by atoms with Crippen molar-refractivity contribution in [1.29, 1.82) is 0 Å². The highest BCUT2D eigenvalue weighted by Gasteiger charge is 2.40. The number of hydrogen-bond acceptors (Lipinski definition) is 3. The summed E-state index contributed by atoms with van der Waals surface area (Å²) in [5.41, 5.74) is 0. The van der Waals surface area contributed by atoms with Gasteiger partial charge in [0.15, 0.2) is 0 Å². The Balaban J connectivity index is 2.26. The summed E-state index contributed by atoms with van der Waals surface area (Å²) in [6.45, 7) is 2.39. The van der Waals surface area contributed by atoms with Crippen LogP contribution in [0.25, 0.3) is 0 Å². The van der Waals surface area contributed by atoms with Crippen molar-refractivity contribution in [3.8, 4) is 0 Å². The molecule has 1 amide bonds. The molecule has 92 valence electrons. The molecule has 2 rings (SSSR count). The minimum atomic E-state index is -0.920. The third-order valence-corrected chi connectivity index (χ3v) is 4.85. The minimum absolute atomic E-state index is 0.00943. The minimum Gasteiger partial charge on any atom is -0.480 e. The van der Waals surface area contributed by atoms with E-state index in [1.54, 1.807) is 6.07 Å². The summed E-state index contributed by atoms with van der Waals surface area (Å²) in [7, 11) is 0. The molecule has 2 atom stereocenters. The lowest BCUT2D eigenvalue weighted by Gasteiger charge is -2.22. The molecule has 0 aliphatic carbocycles. The van der Waals surface area contributed by atoms with Crippen molar-refractivity contribution in [2.45, 2.75) is 19.4 Å². The standard InChI is InChI=1S/C11H12BrNO3S/c1-6-2-4-13(8(6)11(15)16)10(14)9-7(12)3-5-17-9/h3,5-6,8H,2,4H2,1H3,(H,15,16). The van der Waals surface area contributed by atoms with Gasteiger partial charge in [0.05, 0.1) is 0 Å². The Kier molecular flexibility index (Phi) is 3.53. The van der Waals surface area contributed by atoms with Crippen LogP contribution in [0.5, 0.6) is 0 Å². The van der Waals surface area contributed by atoms with Gasteiger partial charge in [-0.25, -0.2) is 4.79 Å². The summed E-state index contributed by atoms with van der Waals surface area (Å²) in [5.74, 6) is -1.10. The molecule has 0 saturated carbocycles. The van der Waals surface area contributed by atoms with E-state index in [4.69, 9.17) is 5.11 Å². The Morgan fingerprint density at radius 3 is 2.82 bits per heavy atom. The van der Waals surface area contributed by atoms with Crippen LogP contribution in [-0.2, 0) is 4.79 Å². The molecule has 1 fully saturated rings. The smallest absolute Gasteiger partial charge is 0.326 e. The predicted molar refractivity (Wildman–Crippen MR) is 68.3 cm³/mol. The largest absolute Gasteiger partial charge is 0.480 e. The molecule has 4 nitrogen and oxygen atoms in total. The number of halogens is 1. The van der Waals surface area contributed by atoms with Crippen LogP contribution in [0.15, 0.2) is 15.9 Å². The van der Waals surface area contributed by atoms with Gasteiger partial charge in [-0.05, 0) is 39.7 Å². The van der Waals surface area contributed by atoms with Gasteiger partial charge in [-0.15, -0.1) is 11.3 Å². The van der Waals surface area contributed by atoms with Crippen LogP contribution in [0.2, 0.25) is 0 Å². The Morgan fingerprint density at radius 2 is 2.29 bits per heavy atom. The van der Waals surface area contributed by atoms with Gasteiger partial charge in [-0.1, -0.05) is 6.92 Å². The summed E-state index contributed by atoms with van der Waals surface area (Å²) < 4.78 is 0.733. The maximum Gasteiger partial charge on any atom is 0.326 e. The molecule has 2 heterocycles. The van der Waals surface area contributed by atoms with Crippen molar-refractivity contribution in [3.05, 3.63) is 20.8 Å². The molecule has 0 aromatic carbocycles. The third kappa shape index (κ3) is 2.24. The zero-order valence-electron chi connectivity index (χ0n) is 9.22. The van der Waals surface area contributed by atoms with Crippen LogP contribution < -0.4 is 0 Å². The molecule has 17 heavy (non-hydrogen) atoms. The lowest BCUT2D eigenvalue weighted by Crippen LogP contribution is -2.42. The van der Waals surface area contributed by atoms with E-state index in [1.807, 2.05) is 12.3 Å². The number of carboxylic acid groups (broad SMARTS) is 1. The van der Waals surface area contributed by atoms with Crippen molar-refractivity contribution < 1.29 is 14.7 Å². The van der Waals surface area contributed by atoms with Gasteiger partial charge >= 0.3 is 5.97 Å². The van der Waals surface area contributed by atoms with E-state index in [0.717, 1.165) is 10.9 Å². The molecule has 1 aromatic heterocycles. The number of aliphatic carboxylic acids is 1. The maximum atomic E-state index is 12.2. The van der Waals surface area contributed by atoms with Crippen molar-refractivity contribution in [2.75, 3.05) is 6.54 Å². The average Bonchev–Trinajstić information content (AvgIpc) is 2.83. The number of amides is 1. The van der Waals surface area contributed by atoms with Crippen molar-refractivity contribution in [1.82, 2.24) is 4.90 Å². The lowest BCUT2D eigenvalue weighted by atomic mass is 10.0. The third-order valence-electron chi connectivity index (χ3n) is 3.03. The molecule has 1 aliphatic heterocycles. The lowest BCUT2D eigenvalue weighted by molar-refractivity contribution is -0.142. The first-order chi connectivity index (χ1) is 8.02. The first-order valence-corrected chi connectivity index (χ1v) is 6.96. The van der Waals surface area contributed by atoms with Gasteiger partial charge in [-0.2, -0.15) is 0 Å². The number of thiophene rings is 1. The van der Waals surface area contributed by atoms with Crippen LogP contribution in [-0.4, -0.2) is 34.5 Å². The van der Waals surface area contributed by atoms with E-state index in [9.17, 15) is 9.59 Å². The SMILES string of the molecule is CC1CCN(C(=O)c2sccc2Br)C1C(=O)O. The highest BCUT2D eigenvalue weighted by molar-refractivity contribution is 9.10. The Morgan fingerprint density at radius 1 is 1.59 bits per heavy atom. The van der Waals surface area contributed by atoms with Crippen LogP contribution in [0.4, 0.5) is 0 Å². The number of likely N-dealkylation sites (tertiary alicyclic amines) is 1. The maximum absolute atomic E-state index is 12.2. The quantitative estimate of drug-likeness (QED) is 0.911. The molecular weight excluding hydrogens is 306 g/mol. The Labute approximate surface area is 111 Å². The number of carboxylic acids is 1. The second-order valence-electron chi connectivity index (χ2n) is 4.15. The second kappa shape index (κ2) is 4.78.